The molecule has 0 unspecified atom stereocenters. The summed E-state index contributed by atoms with van der Waals surface area (Å²) >= 11 is 0. The minimum atomic E-state index is -1.26. The van der Waals surface area contributed by atoms with Gasteiger partial charge in [-0.2, -0.15) is 0 Å². The Bertz CT molecular complexity index is 251. The van der Waals surface area contributed by atoms with E-state index in [1.807, 2.05) is 0 Å². The monoisotopic (exact) mass is 201 g/mol. The predicted octanol–water partition coefficient (Wildman–Crippen LogP) is -0.240. The lowest BCUT2D eigenvalue weighted by atomic mass is 10.5. The highest BCUT2D eigenvalue weighted by molar-refractivity contribution is 5.89. The van der Waals surface area contributed by atoms with Gasteiger partial charge in [0.1, 0.15) is 0 Å². The lowest BCUT2D eigenvalue weighted by molar-refractivity contribution is -0.134. The van der Waals surface area contributed by atoms with Crippen molar-refractivity contribution in [3.63, 3.8) is 0 Å². The van der Waals surface area contributed by atoms with E-state index in [4.69, 9.17) is 10.2 Å². The molecule has 0 spiro atoms. The molecule has 0 bridgehead atoms. The van der Waals surface area contributed by atoms with Crippen LogP contribution in [0.15, 0.2) is 24.3 Å². The van der Waals surface area contributed by atoms with E-state index < -0.39 is 17.8 Å². The second-order valence-electron chi connectivity index (χ2n) is 1.91. The highest BCUT2D eigenvalue weighted by atomic mass is 16.4. The summed E-state index contributed by atoms with van der Waals surface area (Å²) in [6.07, 6.45) is 4.02. The Labute approximate surface area is 80.3 Å². The van der Waals surface area contributed by atoms with E-state index in [1.165, 1.54) is 6.08 Å². The largest absolute Gasteiger partial charge is 0.478 e. The molecule has 14 heavy (non-hydrogen) atoms. The van der Waals surface area contributed by atoms with Crippen LogP contribution < -0.4 is 5.73 Å². The van der Waals surface area contributed by atoms with Crippen molar-refractivity contribution >= 4 is 17.8 Å². The fourth-order valence-electron chi connectivity index (χ4n) is 0.307. The Morgan fingerprint density at radius 1 is 1.00 bits per heavy atom. The fraction of sp³-hybridized carbons (Fsp3) is 0.125. The molecule has 1 amide bonds. The quantitative estimate of drug-likeness (QED) is 0.544. The first-order chi connectivity index (χ1) is 6.40. The van der Waals surface area contributed by atoms with Gasteiger partial charge < -0.3 is 15.9 Å². The molecule has 0 atom stereocenters. The van der Waals surface area contributed by atoms with Crippen molar-refractivity contribution in [1.29, 1.82) is 0 Å². The van der Waals surface area contributed by atoms with Crippen LogP contribution in [-0.2, 0) is 14.4 Å². The van der Waals surface area contributed by atoms with E-state index in [1.54, 1.807) is 13.0 Å². The smallest absolute Gasteiger partial charge is 0.328 e. The number of carboxylic acid groups (broad SMARTS) is 2. The molecule has 0 aliphatic carbocycles. The molecule has 6 nitrogen and oxygen atoms in total. The number of carbonyl (C=O) groups excluding carboxylic acids is 1. The van der Waals surface area contributed by atoms with E-state index >= 15 is 0 Å². The summed E-state index contributed by atoms with van der Waals surface area (Å²) in [4.78, 5) is 28.8. The normalized spacial score (nSPS) is 9.50. The SMILES string of the molecule is CC=CC(N)=O.O=C(O)/C=C\C(=O)O. The molecule has 0 saturated carbocycles. The Kier molecular flexibility index (Phi) is 9.25. The van der Waals surface area contributed by atoms with Gasteiger partial charge in [0.2, 0.25) is 5.91 Å². The van der Waals surface area contributed by atoms with Crippen LogP contribution in [-0.4, -0.2) is 28.1 Å². The first-order valence-electron chi connectivity index (χ1n) is 3.46. The summed E-state index contributed by atoms with van der Waals surface area (Å²) in [6.45, 7) is 1.74. The fourth-order valence-corrected chi connectivity index (χ4v) is 0.307. The summed E-state index contributed by atoms with van der Waals surface area (Å²) in [6, 6.07) is 0. The van der Waals surface area contributed by atoms with Crippen molar-refractivity contribution in [2.24, 2.45) is 5.73 Å². The lowest BCUT2D eigenvalue weighted by Crippen LogP contribution is -2.04. The zero-order valence-corrected chi connectivity index (χ0v) is 7.51. The number of nitrogens with two attached hydrogens (primary N) is 1. The number of hydrogen-bond donors (Lipinski definition) is 3. The molecule has 0 aromatic rings. The van der Waals surface area contributed by atoms with Crippen LogP contribution in [0.25, 0.3) is 0 Å². The van der Waals surface area contributed by atoms with E-state index in [-0.39, 0.29) is 0 Å². The second kappa shape index (κ2) is 8.98. The standard InChI is InChI=1S/C4H7NO.C4H4O4/c1-2-3-4(5)6;5-3(6)1-2-4(7)8/h2-3H,1H3,(H2,5,6);1-2H,(H,5,6)(H,7,8)/b;2-1-. The summed E-state index contributed by atoms with van der Waals surface area (Å²) in [5.74, 6) is -2.91. The molecule has 0 saturated heterocycles. The number of carboxylic acids is 2. The maximum atomic E-state index is 9.73. The van der Waals surface area contributed by atoms with Crippen LogP contribution in [0, 0.1) is 0 Å². The third-order valence-corrected chi connectivity index (χ3v) is 0.699. The lowest BCUT2D eigenvalue weighted by Gasteiger charge is -1.74. The van der Waals surface area contributed by atoms with Crippen molar-refractivity contribution in [2.75, 3.05) is 0 Å². The van der Waals surface area contributed by atoms with Gasteiger partial charge in [0.15, 0.2) is 0 Å². The van der Waals surface area contributed by atoms with Gasteiger partial charge in [0.25, 0.3) is 0 Å². The third kappa shape index (κ3) is 22.5. The molecule has 0 aromatic heterocycles. The van der Waals surface area contributed by atoms with Gasteiger partial charge in [0, 0.05) is 12.2 Å². The molecule has 0 heterocycles. The van der Waals surface area contributed by atoms with Gasteiger partial charge in [-0.05, 0) is 13.0 Å². The van der Waals surface area contributed by atoms with Gasteiger partial charge in [-0.3, -0.25) is 4.79 Å². The summed E-state index contributed by atoms with van der Waals surface area (Å²) in [5, 5.41) is 15.6. The van der Waals surface area contributed by atoms with E-state index in [2.05, 4.69) is 5.73 Å². The van der Waals surface area contributed by atoms with E-state index in [0.29, 0.717) is 12.2 Å². The molecular formula is C8H11NO5. The van der Waals surface area contributed by atoms with Crippen LogP contribution in [0.3, 0.4) is 0 Å². The first-order valence-corrected chi connectivity index (χ1v) is 3.46. The molecule has 6 heteroatoms. The van der Waals surface area contributed by atoms with Gasteiger partial charge in [-0.25, -0.2) is 9.59 Å². The molecule has 4 N–H and O–H groups in total. The van der Waals surface area contributed by atoms with Gasteiger partial charge in [-0.1, -0.05) is 6.08 Å². The maximum Gasteiger partial charge on any atom is 0.328 e. The Balaban J connectivity index is 0. The average Bonchev–Trinajstić information content (AvgIpc) is 2.01. The van der Waals surface area contributed by atoms with Crippen LogP contribution in [0.1, 0.15) is 6.92 Å². The number of allylic oxidation sites excluding steroid dienone is 1. The number of amides is 1. The van der Waals surface area contributed by atoms with Crippen molar-refractivity contribution in [3.8, 4) is 0 Å². The first kappa shape index (κ1) is 14.4. The Hall–Kier alpha value is -2.11. The number of aliphatic carboxylic acids is 2. The number of carbonyl (C=O) groups is 3. The van der Waals surface area contributed by atoms with Crippen molar-refractivity contribution in [1.82, 2.24) is 0 Å². The zero-order valence-electron chi connectivity index (χ0n) is 7.51. The van der Waals surface area contributed by atoms with Crippen LogP contribution in [0.4, 0.5) is 0 Å². The highest BCUT2D eigenvalue weighted by Crippen LogP contribution is 1.70. The summed E-state index contributed by atoms with van der Waals surface area (Å²) in [5.41, 5.74) is 4.68. The zero-order chi connectivity index (χ0) is 11.6. The molecule has 78 valence electrons. The van der Waals surface area contributed by atoms with E-state index in [9.17, 15) is 14.4 Å². The molecule has 0 radical (unpaired) electrons. The van der Waals surface area contributed by atoms with Gasteiger partial charge >= 0.3 is 11.9 Å². The number of rotatable bonds is 3. The molecule has 0 rings (SSSR count). The van der Waals surface area contributed by atoms with Crippen molar-refractivity contribution in [2.45, 2.75) is 6.92 Å². The molecular weight excluding hydrogens is 190 g/mol. The molecule has 0 aliphatic heterocycles. The van der Waals surface area contributed by atoms with Crippen LogP contribution in [0.2, 0.25) is 0 Å². The number of primary amides is 1. The maximum absolute atomic E-state index is 9.73. The Morgan fingerprint density at radius 3 is 1.43 bits per heavy atom. The molecule has 0 aliphatic rings. The second-order valence-corrected chi connectivity index (χ2v) is 1.91. The molecule has 0 aromatic carbocycles. The summed E-state index contributed by atoms with van der Waals surface area (Å²) in [7, 11) is 0. The average molecular weight is 201 g/mol. The van der Waals surface area contributed by atoms with E-state index in [0.717, 1.165) is 0 Å². The van der Waals surface area contributed by atoms with Crippen molar-refractivity contribution < 1.29 is 24.6 Å². The van der Waals surface area contributed by atoms with Gasteiger partial charge in [0.05, 0.1) is 0 Å². The van der Waals surface area contributed by atoms with Gasteiger partial charge in [-0.15, -0.1) is 0 Å². The summed E-state index contributed by atoms with van der Waals surface area (Å²) < 4.78 is 0. The third-order valence-electron chi connectivity index (χ3n) is 0.699. The van der Waals surface area contributed by atoms with Crippen LogP contribution in [0.5, 0.6) is 0 Å². The van der Waals surface area contributed by atoms with Crippen LogP contribution >= 0.6 is 0 Å². The topological polar surface area (TPSA) is 118 Å². The Morgan fingerprint density at radius 2 is 1.36 bits per heavy atom. The number of hydrogen-bond acceptors (Lipinski definition) is 3. The minimum Gasteiger partial charge on any atom is -0.478 e. The predicted molar refractivity (Wildman–Crippen MR) is 48.4 cm³/mol. The minimum absolute atomic E-state index is 0.391. The highest BCUT2D eigenvalue weighted by Gasteiger charge is 1.88. The van der Waals surface area contributed by atoms with Crippen molar-refractivity contribution in [3.05, 3.63) is 24.3 Å². The molecule has 0 fully saturated rings.